The lowest BCUT2D eigenvalue weighted by molar-refractivity contribution is -0.00126. The molecule has 3 rings (SSSR count). The molecule has 0 aliphatic heterocycles. The van der Waals surface area contributed by atoms with Gasteiger partial charge in [-0.3, -0.25) is 4.79 Å². The van der Waals surface area contributed by atoms with Gasteiger partial charge in [-0.25, -0.2) is 0 Å². The van der Waals surface area contributed by atoms with Crippen molar-refractivity contribution in [2.45, 2.75) is 76.5 Å². The molecule has 1 fully saturated rings. The number of hydrogen-bond acceptors (Lipinski definition) is 4. The minimum Gasteiger partial charge on any atom is -0.465 e. The van der Waals surface area contributed by atoms with Crippen molar-refractivity contribution < 1.29 is 19.4 Å². The van der Waals surface area contributed by atoms with Crippen molar-refractivity contribution in [3.05, 3.63) is 22.6 Å². The van der Waals surface area contributed by atoms with E-state index in [0.29, 0.717) is 24.2 Å². The van der Waals surface area contributed by atoms with E-state index in [1.54, 1.807) is 0 Å². The third-order valence-electron chi connectivity index (χ3n) is 4.96. The molecule has 1 saturated carbocycles. The highest BCUT2D eigenvalue weighted by molar-refractivity contribution is 5.97. The van der Waals surface area contributed by atoms with Gasteiger partial charge in [0.25, 0.3) is 5.91 Å². The molecule has 0 unspecified atom stereocenters. The zero-order chi connectivity index (χ0) is 15.7. The lowest BCUT2D eigenvalue weighted by atomic mass is 9.94. The number of aliphatic hydroxyl groups is 2. The van der Waals surface area contributed by atoms with Gasteiger partial charge in [0.2, 0.25) is 0 Å². The van der Waals surface area contributed by atoms with E-state index in [-0.39, 0.29) is 5.91 Å². The summed E-state index contributed by atoms with van der Waals surface area (Å²) in [5.74, 6) is 1.42. The van der Waals surface area contributed by atoms with E-state index in [0.717, 1.165) is 49.8 Å². The minimum absolute atomic E-state index is 0.178. The summed E-state index contributed by atoms with van der Waals surface area (Å²) in [5, 5.41) is 23.0. The zero-order valence-corrected chi connectivity index (χ0v) is 13.1. The molecule has 5 nitrogen and oxygen atoms in total. The van der Waals surface area contributed by atoms with Gasteiger partial charge < -0.3 is 19.9 Å². The second-order valence-corrected chi connectivity index (χ2v) is 6.56. The molecule has 2 aliphatic rings. The number of aliphatic hydroxyl groups excluding tert-OH is 2. The summed E-state index contributed by atoms with van der Waals surface area (Å²) < 4.78 is 5.75. The van der Waals surface area contributed by atoms with Crippen LogP contribution in [0.4, 0.5) is 0 Å². The fraction of sp³-hybridized carbons (Fsp3) is 0.706. The number of nitrogens with one attached hydrogen (secondary N) is 1. The molecule has 0 aromatic carbocycles. The Morgan fingerprint density at radius 1 is 1.14 bits per heavy atom. The third kappa shape index (κ3) is 2.92. The van der Waals surface area contributed by atoms with Crippen molar-refractivity contribution in [3.63, 3.8) is 0 Å². The van der Waals surface area contributed by atoms with Gasteiger partial charge in [0.15, 0.2) is 0 Å². The van der Waals surface area contributed by atoms with Crippen LogP contribution in [0.1, 0.15) is 66.0 Å². The van der Waals surface area contributed by atoms with E-state index in [1.807, 2.05) is 6.92 Å². The predicted molar refractivity (Wildman–Crippen MR) is 81.8 cm³/mol. The van der Waals surface area contributed by atoms with Crippen molar-refractivity contribution >= 4 is 5.91 Å². The smallest absolute Gasteiger partial charge is 0.255 e. The molecule has 5 heteroatoms. The van der Waals surface area contributed by atoms with E-state index in [2.05, 4.69) is 5.32 Å². The quantitative estimate of drug-likeness (QED) is 0.728. The van der Waals surface area contributed by atoms with Crippen LogP contribution in [0.25, 0.3) is 0 Å². The number of hydrogen-bond donors (Lipinski definition) is 3. The molecule has 0 saturated heterocycles. The Balaban J connectivity index is 1.78. The molecule has 1 heterocycles. The normalized spacial score (nSPS) is 28.8. The number of furan rings is 1. The number of amides is 1. The first kappa shape index (κ1) is 15.6. The highest BCUT2D eigenvalue weighted by Crippen LogP contribution is 2.30. The molecule has 1 amide bonds. The lowest BCUT2D eigenvalue weighted by Crippen LogP contribution is -2.47. The van der Waals surface area contributed by atoms with Crippen molar-refractivity contribution in [2.24, 2.45) is 0 Å². The van der Waals surface area contributed by atoms with Crippen molar-refractivity contribution in [3.8, 4) is 0 Å². The van der Waals surface area contributed by atoms with Crippen molar-refractivity contribution in [1.82, 2.24) is 5.32 Å². The SMILES string of the molecule is Cc1oc2c(c1C(=O)N[C@@H]1CCCC[C@@H](O)[C@@H]1O)CCCC2. The van der Waals surface area contributed by atoms with E-state index >= 15 is 0 Å². The molecular weight excluding hydrogens is 282 g/mol. The molecule has 122 valence electrons. The molecule has 22 heavy (non-hydrogen) atoms. The summed E-state index contributed by atoms with van der Waals surface area (Å²) in [4.78, 5) is 12.7. The number of fused-ring (bicyclic) bond motifs is 1. The van der Waals surface area contributed by atoms with Crippen LogP contribution in [0, 0.1) is 6.92 Å². The Labute approximate surface area is 130 Å². The summed E-state index contributed by atoms with van der Waals surface area (Å²) in [7, 11) is 0. The van der Waals surface area contributed by atoms with Crippen LogP contribution in [0.3, 0.4) is 0 Å². The van der Waals surface area contributed by atoms with Crippen LogP contribution in [-0.2, 0) is 12.8 Å². The maximum absolute atomic E-state index is 12.7. The van der Waals surface area contributed by atoms with Crippen LogP contribution < -0.4 is 5.32 Å². The molecule has 0 bridgehead atoms. The van der Waals surface area contributed by atoms with Gasteiger partial charge in [0.05, 0.1) is 23.8 Å². The molecular formula is C17H25NO4. The van der Waals surface area contributed by atoms with Gasteiger partial charge in [-0.15, -0.1) is 0 Å². The second kappa shape index (κ2) is 6.42. The first-order chi connectivity index (χ1) is 10.6. The maximum atomic E-state index is 12.7. The molecule has 2 aliphatic carbocycles. The molecule has 1 aromatic heterocycles. The largest absolute Gasteiger partial charge is 0.465 e. The standard InChI is InChI=1S/C17H25NO4/c1-10-15(11-6-2-5-9-14(11)22-10)17(21)18-12-7-3-4-8-13(19)16(12)20/h12-13,16,19-20H,2-9H2,1H3,(H,18,21)/t12-,13-,16-/m1/s1. The number of carbonyl (C=O) groups excluding carboxylic acids is 1. The Morgan fingerprint density at radius 2 is 1.86 bits per heavy atom. The fourth-order valence-electron chi connectivity index (χ4n) is 3.73. The fourth-order valence-corrected chi connectivity index (χ4v) is 3.73. The maximum Gasteiger partial charge on any atom is 0.255 e. The van der Waals surface area contributed by atoms with Gasteiger partial charge >= 0.3 is 0 Å². The number of carbonyl (C=O) groups is 1. The average molecular weight is 307 g/mol. The summed E-state index contributed by atoms with van der Waals surface area (Å²) in [6.07, 6.45) is 5.38. The predicted octanol–water partition coefficient (Wildman–Crippen LogP) is 1.86. The monoisotopic (exact) mass is 307 g/mol. The minimum atomic E-state index is -0.894. The third-order valence-corrected chi connectivity index (χ3v) is 4.96. The lowest BCUT2D eigenvalue weighted by Gasteiger charge is -2.25. The highest BCUT2D eigenvalue weighted by atomic mass is 16.3. The topological polar surface area (TPSA) is 82.7 Å². The highest BCUT2D eigenvalue weighted by Gasteiger charge is 2.32. The summed E-state index contributed by atoms with van der Waals surface area (Å²) in [6.45, 7) is 1.83. The van der Waals surface area contributed by atoms with Crippen LogP contribution in [0.15, 0.2) is 4.42 Å². The Morgan fingerprint density at radius 3 is 2.68 bits per heavy atom. The average Bonchev–Trinajstić information content (AvgIpc) is 2.76. The van der Waals surface area contributed by atoms with Crippen LogP contribution in [-0.4, -0.2) is 34.4 Å². The van der Waals surface area contributed by atoms with Crippen LogP contribution in [0.5, 0.6) is 0 Å². The summed E-state index contributed by atoms with van der Waals surface area (Å²) in [5.41, 5.74) is 1.67. The van der Waals surface area contributed by atoms with E-state index in [1.165, 1.54) is 0 Å². The number of aryl methyl sites for hydroxylation is 2. The van der Waals surface area contributed by atoms with Crippen LogP contribution >= 0.6 is 0 Å². The summed E-state index contributed by atoms with van der Waals surface area (Å²) >= 11 is 0. The molecule has 3 atom stereocenters. The zero-order valence-electron chi connectivity index (χ0n) is 13.1. The van der Waals surface area contributed by atoms with Gasteiger partial charge in [-0.2, -0.15) is 0 Å². The Kier molecular flexibility index (Phi) is 4.54. The second-order valence-electron chi connectivity index (χ2n) is 6.56. The van der Waals surface area contributed by atoms with Gasteiger partial charge in [-0.05, 0) is 39.0 Å². The Bertz CT molecular complexity index is 551. The first-order valence-corrected chi connectivity index (χ1v) is 8.36. The van der Waals surface area contributed by atoms with E-state index < -0.39 is 18.2 Å². The number of rotatable bonds is 2. The van der Waals surface area contributed by atoms with Gasteiger partial charge in [0.1, 0.15) is 11.5 Å². The first-order valence-electron chi connectivity index (χ1n) is 8.36. The van der Waals surface area contributed by atoms with Gasteiger partial charge in [0, 0.05) is 12.0 Å². The molecule has 3 N–H and O–H groups in total. The Hall–Kier alpha value is -1.33. The van der Waals surface area contributed by atoms with Crippen molar-refractivity contribution in [1.29, 1.82) is 0 Å². The molecule has 0 spiro atoms. The molecule has 1 aromatic rings. The van der Waals surface area contributed by atoms with Crippen molar-refractivity contribution in [2.75, 3.05) is 0 Å². The van der Waals surface area contributed by atoms with Gasteiger partial charge in [-0.1, -0.05) is 12.8 Å². The molecule has 0 radical (unpaired) electrons. The van der Waals surface area contributed by atoms with E-state index in [9.17, 15) is 15.0 Å². The summed E-state index contributed by atoms with van der Waals surface area (Å²) in [6, 6.07) is -0.390. The van der Waals surface area contributed by atoms with Crippen LogP contribution in [0.2, 0.25) is 0 Å². The van der Waals surface area contributed by atoms with E-state index in [4.69, 9.17) is 4.42 Å².